The molecule has 8 nitrogen and oxygen atoms in total. The van der Waals surface area contributed by atoms with Crippen molar-refractivity contribution in [3.8, 4) is 0 Å². The molecular weight excluding hydrogens is 228 g/mol. The van der Waals surface area contributed by atoms with Crippen LogP contribution in [0.25, 0.3) is 0 Å². The Morgan fingerprint density at radius 1 is 1.29 bits per heavy atom. The van der Waals surface area contributed by atoms with Gasteiger partial charge in [-0.05, 0) is 14.0 Å². The van der Waals surface area contributed by atoms with E-state index in [9.17, 15) is 19.5 Å². The number of nitrogens with one attached hydrogen (secondary N) is 3. The lowest BCUT2D eigenvalue weighted by atomic mass is 10.1. The van der Waals surface area contributed by atoms with Gasteiger partial charge in [0.2, 0.25) is 17.7 Å². The molecule has 8 heteroatoms. The molecule has 3 amide bonds. The number of hydrogen-bond donors (Lipinski definition) is 5. The second kappa shape index (κ2) is 7.58. The number of carbonyl (C=O) groups is 3. The third-order valence-electron chi connectivity index (χ3n) is 1.86. The van der Waals surface area contributed by atoms with Crippen molar-refractivity contribution < 1.29 is 19.5 Å². The van der Waals surface area contributed by atoms with Gasteiger partial charge in [-0.15, -0.1) is 0 Å². The van der Waals surface area contributed by atoms with Crippen LogP contribution in [-0.4, -0.2) is 55.1 Å². The minimum Gasteiger partial charge on any atom is -0.391 e. The van der Waals surface area contributed by atoms with Gasteiger partial charge in [0.05, 0.1) is 19.2 Å². The van der Waals surface area contributed by atoms with E-state index in [1.807, 2.05) is 0 Å². The van der Waals surface area contributed by atoms with E-state index in [4.69, 9.17) is 5.73 Å². The topological polar surface area (TPSA) is 134 Å². The minimum atomic E-state index is -1.12. The predicted octanol–water partition coefficient (Wildman–Crippen LogP) is -3.33. The molecule has 17 heavy (non-hydrogen) atoms. The number of nitrogens with two attached hydrogens (primary N) is 1. The highest BCUT2D eigenvalue weighted by Crippen LogP contribution is 1.93. The van der Waals surface area contributed by atoms with Gasteiger partial charge in [0.1, 0.15) is 6.04 Å². The summed E-state index contributed by atoms with van der Waals surface area (Å²) in [5.41, 5.74) is 4.85. The number of carbonyl (C=O) groups excluding carboxylic acids is 3. The van der Waals surface area contributed by atoms with Crippen LogP contribution in [0, 0.1) is 0 Å². The van der Waals surface area contributed by atoms with E-state index in [1.54, 1.807) is 7.05 Å². The highest BCUT2D eigenvalue weighted by Gasteiger charge is 2.25. The van der Waals surface area contributed by atoms with E-state index in [0.29, 0.717) is 0 Å². The Bertz CT molecular complexity index is 293. The third-order valence-corrected chi connectivity index (χ3v) is 1.86. The van der Waals surface area contributed by atoms with Crippen molar-refractivity contribution in [3.63, 3.8) is 0 Å². The van der Waals surface area contributed by atoms with Gasteiger partial charge in [-0.3, -0.25) is 14.4 Å². The number of hydrogen-bond acceptors (Lipinski definition) is 5. The first-order valence-electron chi connectivity index (χ1n) is 5.06. The van der Waals surface area contributed by atoms with Crippen LogP contribution in [0.3, 0.4) is 0 Å². The number of aliphatic hydroxyl groups is 1. The maximum Gasteiger partial charge on any atom is 0.245 e. The summed E-state index contributed by atoms with van der Waals surface area (Å²) in [5.74, 6) is -1.81. The molecule has 0 fully saturated rings. The van der Waals surface area contributed by atoms with Crippen LogP contribution in [0.15, 0.2) is 0 Å². The highest BCUT2D eigenvalue weighted by atomic mass is 16.3. The van der Waals surface area contributed by atoms with Crippen LogP contribution in [0.2, 0.25) is 0 Å². The van der Waals surface area contributed by atoms with Gasteiger partial charge in [-0.25, -0.2) is 0 Å². The zero-order chi connectivity index (χ0) is 13.4. The maximum atomic E-state index is 11.5. The average molecular weight is 246 g/mol. The predicted molar refractivity (Wildman–Crippen MR) is 59.7 cm³/mol. The number of amides is 3. The summed E-state index contributed by atoms with van der Waals surface area (Å²) < 4.78 is 0. The number of likely N-dealkylation sites (N-methyl/N-ethyl adjacent to an activating group) is 1. The molecule has 0 aliphatic rings. The van der Waals surface area contributed by atoms with E-state index in [1.165, 1.54) is 6.92 Å². The molecule has 98 valence electrons. The van der Waals surface area contributed by atoms with Crippen molar-refractivity contribution in [2.75, 3.05) is 20.1 Å². The molecule has 0 aliphatic carbocycles. The molecule has 0 bridgehead atoms. The summed E-state index contributed by atoms with van der Waals surface area (Å²) in [4.78, 5) is 33.2. The van der Waals surface area contributed by atoms with Gasteiger partial charge in [-0.2, -0.15) is 0 Å². The van der Waals surface area contributed by atoms with Crippen molar-refractivity contribution >= 4 is 17.7 Å². The van der Waals surface area contributed by atoms with Crippen LogP contribution in [0.1, 0.15) is 6.92 Å². The number of primary amides is 1. The van der Waals surface area contributed by atoms with Gasteiger partial charge in [0.15, 0.2) is 0 Å². The molecular formula is C9H18N4O4. The van der Waals surface area contributed by atoms with E-state index in [0.717, 1.165) is 0 Å². The molecule has 6 N–H and O–H groups in total. The van der Waals surface area contributed by atoms with Crippen LogP contribution in [-0.2, 0) is 14.4 Å². The highest BCUT2D eigenvalue weighted by molar-refractivity contribution is 5.91. The summed E-state index contributed by atoms with van der Waals surface area (Å²) in [6, 6.07) is -1.12. The first kappa shape index (κ1) is 15.3. The Labute approximate surface area is 98.9 Å². The fraction of sp³-hybridized carbons (Fsp3) is 0.667. The average Bonchev–Trinajstić information content (AvgIpc) is 2.22. The summed E-state index contributed by atoms with van der Waals surface area (Å²) in [5, 5.41) is 16.5. The van der Waals surface area contributed by atoms with Gasteiger partial charge in [0.25, 0.3) is 0 Å². The molecule has 0 saturated carbocycles. The van der Waals surface area contributed by atoms with Crippen LogP contribution in [0.5, 0.6) is 0 Å². The molecule has 0 aromatic carbocycles. The van der Waals surface area contributed by atoms with Crippen molar-refractivity contribution in [1.29, 1.82) is 0 Å². The van der Waals surface area contributed by atoms with Gasteiger partial charge >= 0.3 is 0 Å². The van der Waals surface area contributed by atoms with Gasteiger partial charge in [0, 0.05) is 0 Å². The minimum absolute atomic E-state index is 0.0202. The Morgan fingerprint density at radius 2 is 1.88 bits per heavy atom. The lowest BCUT2D eigenvalue weighted by molar-refractivity contribution is -0.132. The van der Waals surface area contributed by atoms with E-state index in [-0.39, 0.29) is 13.1 Å². The van der Waals surface area contributed by atoms with Crippen LogP contribution in [0.4, 0.5) is 0 Å². The van der Waals surface area contributed by atoms with E-state index < -0.39 is 29.9 Å². The van der Waals surface area contributed by atoms with Crippen LogP contribution < -0.4 is 21.7 Å². The summed E-state index contributed by atoms with van der Waals surface area (Å²) >= 11 is 0. The molecule has 0 aliphatic heterocycles. The van der Waals surface area contributed by atoms with Gasteiger partial charge < -0.3 is 26.8 Å². The fourth-order valence-corrected chi connectivity index (χ4v) is 1.07. The summed E-state index contributed by atoms with van der Waals surface area (Å²) in [6.07, 6.45) is -1.08. The largest absolute Gasteiger partial charge is 0.391 e. The van der Waals surface area contributed by atoms with Crippen molar-refractivity contribution in [1.82, 2.24) is 16.0 Å². The van der Waals surface area contributed by atoms with Crippen molar-refractivity contribution in [2.24, 2.45) is 5.73 Å². The Kier molecular flexibility index (Phi) is 6.83. The second-order valence-corrected chi connectivity index (χ2v) is 3.50. The smallest absolute Gasteiger partial charge is 0.245 e. The molecule has 0 aromatic heterocycles. The van der Waals surface area contributed by atoms with Crippen LogP contribution >= 0.6 is 0 Å². The zero-order valence-electron chi connectivity index (χ0n) is 9.82. The lowest BCUT2D eigenvalue weighted by Crippen LogP contribution is -2.54. The Morgan fingerprint density at radius 3 is 2.29 bits per heavy atom. The van der Waals surface area contributed by atoms with Crippen molar-refractivity contribution in [2.45, 2.75) is 19.1 Å². The molecule has 0 aromatic rings. The van der Waals surface area contributed by atoms with E-state index >= 15 is 0 Å². The normalized spacial score (nSPS) is 13.6. The molecule has 2 atom stereocenters. The quantitative estimate of drug-likeness (QED) is 0.320. The zero-order valence-corrected chi connectivity index (χ0v) is 9.82. The monoisotopic (exact) mass is 246 g/mol. The van der Waals surface area contributed by atoms with E-state index in [2.05, 4.69) is 16.0 Å². The summed E-state index contributed by atoms with van der Waals surface area (Å²) in [6.45, 7) is 1.03. The SMILES string of the molecule is CNCC(=O)N[C@@H](C(=O)NCC(N)=O)[C@H](C)O. The number of rotatable bonds is 7. The second-order valence-electron chi connectivity index (χ2n) is 3.50. The number of aliphatic hydroxyl groups excluding tert-OH is 1. The third kappa shape index (κ3) is 6.48. The first-order valence-corrected chi connectivity index (χ1v) is 5.06. The van der Waals surface area contributed by atoms with Crippen molar-refractivity contribution in [3.05, 3.63) is 0 Å². The molecule has 0 rings (SSSR count). The molecule has 0 saturated heterocycles. The fourth-order valence-electron chi connectivity index (χ4n) is 1.07. The molecule has 0 unspecified atom stereocenters. The first-order chi connectivity index (χ1) is 7.88. The Hall–Kier alpha value is -1.67. The standard InChI is InChI=1S/C9H18N4O4/c1-5(14)8(13-7(16)4-11-2)9(17)12-3-6(10)15/h5,8,11,14H,3-4H2,1-2H3,(H2,10,15)(H,12,17)(H,13,16)/t5-,8+/m0/s1. The molecule has 0 spiro atoms. The summed E-state index contributed by atoms with van der Waals surface area (Å²) in [7, 11) is 1.57. The maximum absolute atomic E-state index is 11.5. The molecule has 0 heterocycles. The lowest BCUT2D eigenvalue weighted by Gasteiger charge is -2.20. The molecule has 0 radical (unpaired) electrons. The van der Waals surface area contributed by atoms with Gasteiger partial charge in [-0.1, -0.05) is 0 Å². The Balaban J connectivity index is 4.36.